The van der Waals surface area contributed by atoms with E-state index in [9.17, 15) is 0 Å². The molecule has 0 amide bonds. The van der Waals surface area contributed by atoms with Crippen molar-refractivity contribution in [2.24, 2.45) is 0 Å². The van der Waals surface area contributed by atoms with Gasteiger partial charge in [-0.05, 0) is 50.1 Å². The standard InChI is InChI=1S/C9H4Br2ClN/c10-6-1-5-2-7(12)3-8(11)9(5)13-4-6/h1-4H. The lowest BCUT2D eigenvalue weighted by Gasteiger charge is -2.00. The molecule has 4 heteroatoms. The van der Waals surface area contributed by atoms with Crippen LogP contribution in [0.25, 0.3) is 10.9 Å². The highest BCUT2D eigenvalue weighted by molar-refractivity contribution is 9.11. The van der Waals surface area contributed by atoms with E-state index in [1.807, 2.05) is 18.2 Å². The minimum absolute atomic E-state index is 0.708. The van der Waals surface area contributed by atoms with Crippen molar-refractivity contribution in [2.45, 2.75) is 0 Å². The van der Waals surface area contributed by atoms with Crippen LogP contribution in [0.1, 0.15) is 0 Å². The predicted octanol–water partition coefficient (Wildman–Crippen LogP) is 4.41. The summed E-state index contributed by atoms with van der Waals surface area (Å²) in [5.41, 5.74) is 0.924. The van der Waals surface area contributed by atoms with E-state index in [0.717, 1.165) is 19.8 Å². The third kappa shape index (κ3) is 1.87. The summed E-state index contributed by atoms with van der Waals surface area (Å²) in [5.74, 6) is 0. The van der Waals surface area contributed by atoms with Crippen LogP contribution in [0.2, 0.25) is 5.02 Å². The SMILES string of the molecule is Clc1cc(Br)c2ncc(Br)cc2c1. The third-order valence-corrected chi connectivity index (χ3v) is 2.92. The van der Waals surface area contributed by atoms with Crippen LogP contribution in [0.15, 0.2) is 33.3 Å². The van der Waals surface area contributed by atoms with E-state index in [4.69, 9.17) is 11.6 Å². The van der Waals surface area contributed by atoms with E-state index in [1.54, 1.807) is 6.20 Å². The van der Waals surface area contributed by atoms with Gasteiger partial charge in [-0.3, -0.25) is 4.98 Å². The number of fused-ring (bicyclic) bond motifs is 1. The highest BCUT2D eigenvalue weighted by Gasteiger charge is 2.02. The second-order valence-corrected chi connectivity index (χ2v) is 4.82. The first-order chi connectivity index (χ1) is 6.16. The van der Waals surface area contributed by atoms with Crippen LogP contribution in [0.4, 0.5) is 0 Å². The van der Waals surface area contributed by atoms with Crippen LogP contribution in [0.3, 0.4) is 0 Å². The van der Waals surface area contributed by atoms with E-state index in [0.29, 0.717) is 5.02 Å². The second-order valence-electron chi connectivity index (χ2n) is 2.61. The Morgan fingerprint density at radius 3 is 2.69 bits per heavy atom. The first-order valence-electron chi connectivity index (χ1n) is 3.57. The Hall–Kier alpha value is -0.120. The Labute approximate surface area is 97.4 Å². The van der Waals surface area contributed by atoms with Gasteiger partial charge in [0.05, 0.1) is 5.52 Å². The van der Waals surface area contributed by atoms with Gasteiger partial charge < -0.3 is 0 Å². The topological polar surface area (TPSA) is 12.9 Å². The number of nitrogens with zero attached hydrogens (tertiary/aromatic N) is 1. The van der Waals surface area contributed by atoms with Crippen molar-refractivity contribution in [3.8, 4) is 0 Å². The van der Waals surface area contributed by atoms with Crippen molar-refractivity contribution in [1.82, 2.24) is 4.98 Å². The molecule has 2 aromatic rings. The third-order valence-electron chi connectivity index (χ3n) is 1.67. The fraction of sp³-hybridized carbons (Fsp3) is 0. The molecule has 0 aliphatic rings. The molecule has 1 heterocycles. The predicted molar refractivity (Wildman–Crippen MR) is 62.2 cm³/mol. The number of pyridine rings is 1. The maximum Gasteiger partial charge on any atom is 0.0845 e. The average Bonchev–Trinajstić information content (AvgIpc) is 2.02. The second kappa shape index (κ2) is 3.56. The van der Waals surface area contributed by atoms with Crippen molar-refractivity contribution in [2.75, 3.05) is 0 Å². The van der Waals surface area contributed by atoms with Gasteiger partial charge in [-0.1, -0.05) is 11.6 Å². The van der Waals surface area contributed by atoms with Crippen LogP contribution in [0.5, 0.6) is 0 Å². The largest absolute Gasteiger partial charge is 0.254 e. The summed E-state index contributed by atoms with van der Waals surface area (Å²) < 4.78 is 1.87. The van der Waals surface area contributed by atoms with Crippen molar-refractivity contribution in [1.29, 1.82) is 0 Å². The minimum Gasteiger partial charge on any atom is -0.254 e. The van der Waals surface area contributed by atoms with Gasteiger partial charge in [-0.25, -0.2) is 0 Å². The lowest BCUT2D eigenvalue weighted by Crippen LogP contribution is -1.80. The van der Waals surface area contributed by atoms with Crippen LogP contribution in [-0.4, -0.2) is 4.98 Å². The molecular formula is C9H4Br2ClN. The lowest BCUT2D eigenvalue weighted by atomic mass is 10.2. The summed E-state index contributed by atoms with van der Waals surface area (Å²) in [7, 11) is 0. The molecule has 0 bridgehead atoms. The summed E-state index contributed by atoms with van der Waals surface area (Å²) in [6, 6.07) is 5.71. The molecule has 0 aliphatic heterocycles. The zero-order chi connectivity index (χ0) is 9.42. The normalized spacial score (nSPS) is 10.7. The quantitative estimate of drug-likeness (QED) is 0.700. The summed E-state index contributed by atoms with van der Waals surface area (Å²) in [4.78, 5) is 4.27. The van der Waals surface area contributed by atoms with Crippen molar-refractivity contribution in [3.63, 3.8) is 0 Å². The van der Waals surface area contributed by atoms with Crippen LogP contribution in [0, 0.1) is 0 Å². The fourth-order valence-electron chi connectivity index (χ4n) is 1.14. The van der Waals surface area contributed by atoms with Crippen molar-refractivity contribution in [3.05, 3.63) is 38.4 Å². The van der Waals surface area contributed by atoms with Crippen molar-refractivity contribution >= 4 is 54.4 Å². The molecule has 1 aromatic heterocycles. The molecule has 0 fully saturated rings. The molecule has 0 radical (unpaired) electrons. The monoisotopic (exact) mass is 319 g/mol. The summed E-state index contributed by atoms with van der Waals surface area (Å²) >= 11 is 12.7. The highest BCUT2D eigenvalue weighted by Crippen LogP contribution is 2.28. The Bertz CT molecular complexity index is 465. The number of rotatable bonds is 0. The molecule has 0 N–H and O–H groups in total. The van der Waals surface area contributed by atoms with Crippen LogP contribution in [-0.2, 0) is 0 Å². The van der Waals surface area contributed by atoms with Gasteiger partial charge in [0.25, 0.3) is 0 Å². The zero-order valence-corrected chi connectivity index (χ0v) is 10.3. The maximum atomic E-state index is 5.90. The molecule has 66 valence electrons. The van der Waals surface area contributed by atoms with Gasteiger partial charge >= 0.3 is 0 Å². The zero-order valence-electron chi connectivity index (χ0n) is 6.39. The number of hydrogen-bond donors (Lipinski definition) is 0. The van der Waals surface area contributed by atoms with Crippen molar-refractivity contribution < 1.29 is 0 Å². The molecular weight excluding hydrogens is 317 g/mol. The summed E-state index contributed by atoms with van der Waals surface area (Å²) in [6.07, 6.45) is 1.76. The first-order valence-corrected chi connectivity index (χ1v) is 5.53. The van der Waals surface area contributed by atoms with Gasteiger partial charge in [0.1, 0.15) is 0 Å². The molecule has 0 saturated carbocycles. The van der Waals surface area contributed by atoms with Gasteiger partial charge in [-0.15, -0.1) is 0 Å². The maximum absolute atomic E-state index is 5.90. The molecule has 0 atom stereocenters. The minimum atomic E-state index is 0.708. The molecule has 13 heavy (non-hydrogen) atoms. The number of aromatic nitrogens is 1. The van der Waals surface area contributed by atoms with Crippen LogP contribution < -0.4 is 0 Å². The van der Waals surface area contributed by atoms with E-state index in [2.05, 4.69) is 36.8 Å². The van der Waals surface area contributed by atoms with E-state index in [1.165, 1.54) is 0 Å². The van der Waals surface area contributed by atoms with E-state index in [-0.39, 0.29) is 0 Å². The van der Waals surface area contributed by atoms with Gasteiger partial charge in [-0.2, -0.15) is 0 Å². The number of hydrogen-bond acceptors (Lipinski definition) is 1. The molecule has 0 aliphatic carbocycles. The van der Waals surface area contributed by atoms with Gasteiger partial charge in [0.15, 0.2) is 0 Å². The molecule has 1 aromatic carbocycles. The van der Waals surface area contributed by atoms with Crippen LogP contribution >= 0.6 is 43.5 Å². The average molecular weight is 321 g/mol. The molecule has 2 rings (SSSR count). The van der Waals surface area contributed by atoms with Gasteiger partial charge in [0.2, 0.25) is 0 Å². The molecule has 1 nitrogen and oxygen atoms in total. The van der Waals surface area contributed by atoms with E-state index < -0.39 is 0 Å². The fourth-order valence-corrected chi connectivity index (χ4v) is 2.43. The lowest BCUT2D eigenvalue weighted by molar-refractivity contribution is 1.38. The van der Waals surface area contributed by atoms with E-state index >= 15 is 0 Å². The molecule has 0 saturated heterocycles. The Morgan fingerprint density at radius 2 is 1.92 bits per heavy atom. The molecule has 0 unspecified atom stereocenters. The highest BCUT2D eigenvalue weighted by atomic mass is 79.9. The Morgan fingerprint density at radius 1 is 1.15 bits per heavy atom. The first kappa shape index (κ1) is 9.44. The summed E-state index contributed by atoms with van der Waals surface area (Å²) in [5, 5.41) is 1.73. The number of benzene rings is 1. The van der Waals surface area contributed by atoms with Gasteiger partial charge in [0, 0.05) is 25.6 Å². The smallest absolute Gasteiger partial charge is 0.0845 e. The molecule has 0 spiro atoms. The Kier molecular flexibility index (Phi) is 2.58. The summed E-state index contributed by atoms with van der Waals surface area (Å²) in [6.45, 7) is 0. The Balaban J connectivity index is 2.86. The number of halogens is 3.